The molecule has 0 bridgehead atoms. The Labute approximate surface area is 130 Å². The maximum Gasteiger partial charge on any atom is 0.408 e. The molecular weight excluding hydrogens is 345 g/mol. The summed E-state index contributed by atoms with van der Waals surface area (Å²) in [6.07, 6.45) is -1.08. The number of hydrogen-bond acceptors (Lipinski definition) is 3. The molecule has 1 aromatic rings. The first-order valence-corrected chi connectivity index (χ1v) is 7.04. The molecule has 0 fully saturated rings. The fourth-order valence-electron chi connectivity index (χ4n) is 1.65. The molecule has 7 heteroatoms. The predicted octanol–water partition coefficient (Wildman–Crippen LogP) is 3.63. The number of rotatable bonds is 4. The SMILES string of the molecule is CC(C)(C)OC(=O)NC(CC(=O)O)c1ccc(F)cc1Br. The largest absolute Gasteiger partial charge is 0.481 e. The lowest BCUT2D eigenvalue weighted by molar-refractivity contribution is -0.137. The normalized spacial score (nSPS) is 12.6. The Morgan fingerprint density at radius 3 is 2.52 bits per heavy atom. The number of carbonyl (C=O) groups is 2. The monoisotopic (exact) mass is 361 g/mol. The molecule has 1 aromatic carbocycles. The molecule has 0 saturated heterocycles. The molecule has 1 atom stereocenters. The molecule has 0 spiro atoms. The number of carboxylic acid groups (broad SMARTS) is 1. The van der Waals surface area contributed by atoms with Crippen LogP contribution in [0, 0.1) is 5.82 Å². The van der Waals surface area contributed by atoms with Gasteiger partial charge in [-0.2, -0.15) is 0 Å². The molecule has 1 amide bonds. The summed E-state index contributed by atoms with van der Waals surface area (Å²) in [5, 5.41) is 11.4. The van der Waals surface area contributed by atoms with Crippen LogP contribution in [0.3, 0.4) is 0 Å². The molecule has 0 aliphatic heterocycles. The number of halogens is 2. The van der Waals surface area contributed by atoms with Crippen LogP contribution in [-0.2, 0) is 9.53 Å². The molecule has 0 aromatic heterocycles. The maximum absolute atomic E-state index is 13.1. The van der Waals surface area contributed by atoms with Gasteiger partial charge in [0.15, 0.2) is 0 Å². The number of carboxylic acids is 1. The van der Waals surface area contributed by atoms with Crippen molar-refractivity contribution in [2.24, 2.45) is 0 Å². The van der Waals surface area contributed by atoms with E-state index in [2.05, 4.69) is 21.2 Å². The topological polar surface area (TPSA) is 75.6 Å². The lowest BCUT2D eigenvalue weighted by Gasteiger charge is -2.23. The van der Waals surface area contributed by atoms with Crippen molar-refractivity contribution in [3.05, 3.63) is 34.1 Å². The van der Waals surface area contributed by atoms with Gasteiger partial charge in [-0.3, -0.25) is 4.79 Å². The molecule has 116 valence electrons. The molecule has 5 nitrogen and oxygen atoms in total. The summed E-state index contributed by atoms with van der Waals surface area (Å²) in [6, 6.07) is 3.00. The third kappa shape index (κ3) is 6.12. The van der Waals surface area contributed by atoms with E-state index in [1.807, 2.05) is 0 Å². The van der Waals surface area contributed by atoms with E-state index in [0.29, 0.717) is 10.0 Å². The van der Waals surface area contributed by atoms with Crippen LogP contribution in [0.25, 0.3) is 0 Å². The van der Waals surface area contributed by atoms with E-state index >= 15 is 0 Å². The highest BCUT2D eigenvalue weighted by molar-refractivity contribution is 9.10. The zero-order valence-corrected chi connectivity index (χ0v) is 13.5. The van der Waals surface area contributed by atoms with Crippen molar-refractivity contribution in [2.75, 3.05) is 0 Å². The van der Waals surface area contributed by atoms with Crippen molar-refractivity contribution in [1.29, 1.82) is 0 Å². The highest BCUT2D eigenvalue weighted by Crippen LogP contribution is 2.27. The summed E-state index contributed by atoms with van der Waals surface area (Å²) in [4.78, 5) is 22.7. The van der Waals surface area contributed by atoms with E-state index < -0.39 is 29.5 Å². The molecule has 0 heterocycles. The van der Waals surface area contributed by atoms with Crippen molar-refractivity contribution < 1.29 is 23.8 Å². The molecule has 0 saturated carbocycles. The average molecular weight is 362 g/mol. The summed E-state index contributed by atoms with van der Waals surface area (Å²) in [5.41, 5.74) is -0.234. The molecular formula is C14H17BrFNO4. The average Bonchev–Trinajstić information content (AvgIpc) is 2.24. The highest BCUT2D eigenvalue weighted by Gasteiger charge is 2.24. The summed E-state index contributed by atoms with van der Waals surface area (Å²) in [7, 11) is 0. The minimum Gasteiger partial charge on any atom is -0.481 e. The number of ether oxygens (including phenoxy) is 1. The van der Waals surface area contributed by atoms with Crippen molar-refractivity contribution in [2.45, 2.75) is 38.8 Å². The Kier molecular flexibility index (Phi) is 5.71. The Morgan fingerprint density at radius 2 is 2.05 bits per heavy atom. The van der Waals surface area contributed by atoms with E-state index in [4.69, 9.17) is 9.84 Å². The Bertz CT molecular complexity index is 542. The van der Waals surface area contributed by atoms with Crippen molar-refractivity contribution in [1.82, 2.24) is 5.32 Å². The van der Waals surface area contributed by atoms with Gasteiger partial charge in [0.05, 0.1) is 12.5 Å². The lowest BCUT2D eigenvalue weighted by atomic mass is 10.0. The first kappa shape index (κ1) is 17.4. The maximum atomic E-state index is 13.1. The van der Waals surface area contributed by atoms with Crippen molar-refractivity contribution in [3.8, 4) is 0 Å². The molecule has 0 aliphatic rings. The number of benzene rings is 1. The van der Waals surface area contributed by atoms with Crippen LogP contribution < -0.4 is 5.32 Å². The predicted molar refractivity (Wildman–Crippen MR) is 78.5 cm³/mol. The van der Waals surface area contributed by atoms with Crippen LogP contribution >= 0.6 is 15.9 Å². The van der Waals surface area contributed by atoms with Gasteiger partial charge in [0.1, 0.15) is 11.4 Å². The molecule has 0 aliphatic carbocycles. The zero-order valence-electron chi connectivity index (χ0n) is 11.9. The van der Waals surface area contributed by atoms with Crippen LogP contribution in [0.15, 0.2) is 22.7 Å². The molecule has 1 rings (SSSR count). The van der Waals surface area contributed by atoms with E-state index in [-0.39, 0.29) is 6.42 Å². The minimum atomic E-state index is -1.09. The van der Waals surface area contributed by atoms with E-state index in [9.17, 15) is 14.0 Å². The minimum absolute atomic E-state index is 0.344. The van der Waals surface area contributed by atoms with Crippen molar-refractivity contribution in [3.63, 3.8) is 0 Å². The smallest absolute Gasteiger partial charge is 0.408 e. The van der Waals surface area contributed by atoms with E-state index in [1.54, 1.807) is 20.8 Å². The third-order valence-corrected chi connectivity index (χ3v) is 3.09. The zero-order chi connectivity index (χ0) is 16.2. The molecule has 1 unspecified atom stereocenters. The van der Waals surface area contributed by atoms with Crippen LogP contribution in [-0.4, -0.2) is 22.8 Å². The fraction of sp³-hybridized carbons (Fsp3) is 0.429. The fourth-order valence-corrected chi connectivity index (χ4v) is 2.27. The molecule has 2 N–H and O–H groups in total. The van der Waals surface area contributed by atoms with Gasteiger partial charge in [-0.05, 0) is 38.5 Å². The number of carbonyl (C=O) groups excluding carboxylic acids is 1. The van der Waals surface area contributed by atoms with Crippen molar-refractivity contribution >= 4 is 28.0 Å². The lowest BCUT2D eigenvalue weighted by Crippen LogP contribution is -2.36. The van der Waals surface area contributed by atoms with Crippen LogP contribution in [0.1, 0.15) is 38.8 Å². The first-order valence-electron chi connectivity index (χ1n) is 6.25. The molecule has 21 heavy (non-hydrogen) atoms. The van der Waals surface area contributed by atoms with Crippen LogP contribution in [0.5, 0.6) is 0 Å². The quantitative estimate of drug-likeness (QED) is 0.858. The highest BCUT2D eigenvalue weighted by atomic mass is 79.9. The second-order valence-electron chi connectivity index (χ2n) is 5.46. The van der Waals surface area contributed by atoms with Gasteiger partial charge in [0.25, 0.3) is 0 Å². The summed E-state index contributed by atoms with van der Waals surface area (Å²) < 4.78 is 18.6. The first-order chi connectivity index (χ1) is 9.58. The van der Waals surface area contributed by atoms with Crippen LogP contribution in [0.4, 0.5) is 9.18 Å². The summed E-state index contributed by atoms with van der Waals surface area (Å²) in [5.74, 6) is -1.55. The Morgan fingerprint density at radius 1 is 1.43 bits per heavy atom. The van der Waals surface area contributed by atoms with E-state index in [1.165, 1.54) is 18.2 Å². The number of aliphatic carboxylic acids is 1. The van der Waals surface area contributed by atoms with Gasteiger partial charge in [0.2, 0.25) is 0 Å². The summed E-state index contributed by atoms with van der Waals surface area (Å²) >= 11 is 3.16. The second-order valence-corrected chi connectivity index (χ2v) is 6.32. The second kappa shape index (κ2) is 6.89. The number of amides is 1. The van der Waals surface area contributed by atoms with E-state index in [0.717, 1.165) is 0 Å². The number of nitrogens with one attached hydrogen (secondary N) is 1. The van der Waals surface area contributed by atoms with Gasteiger partial charge in [0, 0.05) is 4.47 Å². The van der Waals surface area contributed by atoms with Gasteiger partial charge in [-0.15, -0.1) is 0 Å². The number of alkyl carbamates (subject to hydrolysis) is 1. The van der Waals surface area contributed by atoms with Gasteiger partial charge >= 0.3 is 12.1 Å². The summed E-state index contributed by atoms with van der Waals surface area (Å²) in [6.45, 7) is 5.10. The third-order valence-electron chi connectivity index (χ3n) is 2.41. The number of hydrogen-bond donors (Lipinski definition) is 2. The van der Waals surface area contributed by atoms with Gasteiger partial charge < -0.3 is 15.2 Å². The van der Waals surface area contributed by atoms with Gasteiger partial charge in [-0.1, -0.05) is 22.0 Å². The van der Waals surface area contributed by atoms with Gasteiger partial charge in [-0.25, -0.2) is 9.18 Å². The Hall–Kier alpha value is -1.63. The standard InChI is InChI=1S/C14H17BrFNO4/c1-14(2,3)21-13(20)17-11(7-12(18)19)9-5-4-8(16)6-10(9)15/h4-6,11H,7H2,1-3H3,(H,17,20)(H,18,19). The Balaban J connectivity index is 2.95. The molecule has 0 radical (unpaired) electrons. The van der Waals surface area contributed by atoms with Crippen LogP contribution in [0.2, 0.25) is 0 Å².